The monoisotopic (exact) mass is 279 g/mol. The first kappa shape index (κ1) is 13.0. The number of anilines is 2. The topological polar surface area (TPSA) is 67.1 Å². The highest BCUT2D eigenvalue weighted by molar-refractivity contribution is 7.98. The summed E-state index contributed by atoms with van der Waals surface area (Å²) in [7, 11) is 0. The van der Waals surface area contributed by atoms with Crippen LogP contribution in [-0.4, -0.2) is 28.8 Å². The molecule has 2 aliphatic rings. The summed E-state index contributed by atoms with van der Waals surface area (Å²) in [6.07, 6.45) is 8.71. The molecule has 0 spiro atoms. The third kappa shape index (κ3) is 2.51. The van der Waals surface area contributed by atoms with E-state index in [2.05, 4.69) is 20.3 Å². The minimum Gasteiger partial charge on any atom is -0.353 e. The molecular weight excluding hydrogens is 258 g/mol. The molecule has 1 aliphatic heterocycles. The number of fused-ring (bicyclic) bond motifs is 1. The second kappa shape index (κ2) is 5.54. The molecule has 2 fully saturated rings. The standard InChI is InChI=1S/C13H21N5S/c1-19-13-15-11(17-14)8-12(16-13)18-7-6-9-4-2-3-5-10(9)18/h8-10H,2-7,14H2,1H3,(H,15,16,17). The van der Waals surface area contributed by atoms with E-state index in [0.717, 1.165) is 23.4 Å². The van der Waals surface area contributed by atoms with Crippen LogP contribution in [0.15, 0.2) is 11.2 Å². The number of nitrogens with two attached hydrogens (primary N) is 1. The molecule has 5 nitrogen and oxygen atoms in total. The molecule has 2 atom stereocenters. The van der Waals surface area contributed by atoms with Gasteiger partial charge in [-0.05, 0) is 31.4 Å². The smallest absolute Gasteiger partial charge is 0.191 e. The van der Waals surface area contributed by atoms with Crippen molar-refractivity contribution in [1.82, 2.24) is 9.97 Å². The Balaban J connectivity index is 1.88. The van der Waals surface area contributed by atoms with Gasteiger partial charge in [0.05, 0.1) is 0 Å². The van der Waals surface area contributed by atoms with Gasteiger partial charge in [-0.3, -0.25) is 0 Å². The summed E-state index contributed by atoms with van der Waals surface area (Å²) >= 11 is 1.56. The van der Waals surface area contributed by atoms with Gasteiger partial charge in [0.25, 0.3) is 0 Å². The van der Waals surface area contributed by atoms with Crippen LogP contribution >= 0.6 is 11.8 Å². The summed E-state index contributed by atoms with van der Waals surface area (Å²) in [6.45, 7) is 1.12. The molecule has 2 unspecified atom stereocenters. The molecule has 104 valence electrons. The van der Waals surface area contributed by atoms with Crippen molar-refractivity contribution in [1.29, 1.82) is 0 Å². The van der Waals surface area contributed by atoms with Gasteiger partial charge in [0.1, 0.15) is 11.6 Å². The second-order valence-electron chi connectivity index (χ2n) is 5.34. The van der Waals surface area contributed by atoms with Crippen LogP contribution in [0.2, 0.25) is 0 Å². The lowest BCUT2D eigenvalue weighted by molar-refractivity contribution is 0.341. The lowest BCUT2D eigenvalue weighted by atomic mass is 9.85. The molecule has 0 aromatic carbocycles. The van der Waals surface area contributed by atoms with Gasteiger partial charge in [-0.2, -0.15) is 0 Å². The number of thioether (sulfide) groups is 1. The van der Waals surface area contributed by atoms with Crippen molar-refractivity contribution < 1.29 is 0 Å². The van der Waals surface area contributed by atoms with Crippen LogP contribution in [0.3, 0.4) is 0 Å². The average molecular weight is 279 g/mol. The number of aromatic nitrogens is 2. The summed E-state index contributed by atoms with van der Waals surface area (Å²) in [6, 6.07) is 2.64. The van der Waals surface area contributed by atoms with Crippen LogP contribution < -0.4 is 16.2 Å². The van der Waals surface area contributed by atoms with Crippen molar-refractivity contribution in [3.05, 3.63) is 6.07 Å². The van der Waals surface area contributed by atoms with E-state index >= 15 is 0 Å². The fourth-order valence-electron chi connectivity index (χ4n) is 3.42. The summed E-state index contributed by atoms with van der Waals surface area (Å²) < 4.78 is 0. The van der Waals surface area contributed by atoms with Gasteiger partial charge in [-0.1, -0.05) is 24.6 Å². The zero-order valence-corrected chi connectivity index (χ0v) is 12.1. The van der Waals surface area contributed by atoms with Gasteiger partial charge in [-0.15, -0.1) is 0 Å². The first-order valence-corrected chi connectivity index (χ1v) is 8.20. The van der Waals surface area contributed by atoms with Crippen molar-refractivity contribution in [2.24, 2.45) is 11.8 Å². The molecule has 3 N–H and O–H groups in total. The minimum absolute atomic E-state index is 0.670. The van der Waals surface area contributed by atoms with E-state index in [0.29, 0.717) is 11.9 Å². The Hall–Kier alpha value is -1.01. The Morgan fingerprint density at radius 1 is 1.32 bits per heavy atom. The van der Waals surface area contributed by atoms with Crippen LogP contribution in [-0.2, 0) is 0 Å². The van der Waals surface area contributed by atoms with Crippen molar-refractivity contribution in [3.8, 4) is 0 Å². The maximum absolute atomic E-state index is 5.50. The zero-order valence-electron chi connectivity index (χ0n) is 11.3. The predicted octanol–water partition coefficient (Wildman–Crippen LogP) is 2.25. The van der Waals surface area contributed by atoms with Crippen molar-refractivity contribution in [2.45, 2.75) is 43.3 Å². The van der Waals surface area contributed by atoms with Crippen LogP contribution in [0, 0.1) is 5.92 Å². The van der Waals surface area contributed by atoms with Crippen LogP contribution in [0.4, 0.5) is 11.6 Å². The Kier molecular flexibility index (Phi) is 3.79. The summed E-state index contributed by atoms with van der Waals surface area (Å²) in [4.78, 5) is 11.5. The molecule has 1 saturated heterocycles. The predicted molar refractivity (Wildman–Crippen MR) is 79.3 cm³/mol. The van der Waals surface area contributed by atoms with E-state index < -0.39 is 0 Å². The molecule has 19 heavy (non-hydrogen) atoms. The number of hydrogen-bond donors (Lipinski definition) is 2. The highest BCUT2D eigenvalue weighted by Gasteiger charge is 2.36. The Morgan fingerprint density at radius 3 is 2.95 bits per heavy atom. The van der Waals surface area contributed by atoms with E-state index in [9.17, 15) is 0 Å². The minimum atomic E-state index is 0.670. The quantitative estimate of drug-likeness (QED) is 0.383. The molecular formula is C13H21N5S. The molecule has 1 aromatic rings. The fourth-order valence-corrected chi connectivity index (χ4v) is 3.79. The first-order valence-electron chi connectivity index (χ1n) is 6.98. The largest absolute Gasteiger partial charge is 0.353 e. The summed E-state index contributed by atoms with van der Waals surface area (Å²) in [5, 5.41) is 0.782. The number of nitrogens with one attached hydrogen (secondary N) is 1. The van der Waals surface area contributed by atoms with Crippen molar-refractivity contribution >= 4 is 23.4 Å². The number of hydrazine groups is 1. The SMILES string of the molecule is CSc1nc(NN)cc(N2CCC3CCCCC32)n1. The van der Waals surface area contributed by atoms with E-state index in [1.54, 1.807) is 11.8 Å². The Bertz CT molecular complexity index is 430. The van der Waals surface area contributed by atoms with Crippen LogP contribution in [0.5, 0.6) is 0 Å². The number of rotatable bonds is 3. The average Bonchev–Trinajstić information content (AvgIpc) is 2.90. The molecule has 1 aromatic heterocycles. The normalized spacial score (nSPS) is 26.3. The van der Waals surface area contributed by atoms with Gasteiger partial charge in [0.2, 0.25) is 0 Å². The first-order chi connectivity index (χ1) is 9.31. The maximum Gasteiger partial charge on any atom is 0.191 e. The van der Waals surface area contributed by atoms with E-state index in [1.165, 1.54) is 32.1 Å². The lowest BCUT2D eigenvalue weighted by Crippen LogP contribution is -2.35. The third-order valence-electron chi connectivity index (χ3n) is 4.33. The van der Waals surface area contributed by atoms with Gasteiger partial charge in [-0.25, -0.2) is 15.8 Å². The molecule has 1 aliphatic carbocycles. The van der Waals surface area contributed by atoms with E-state index in [-0.39, 0.29) is 0 Å². The summed E-state index contributed by atoms with van der Waals surface area (Å²) in [5.74, 6) is 8.09. The number of hydrogen-bond acceptors (Lipinski definition) is 6. The summed E-state index contributed by atoms with van der Waals surface area (Å²) in [5.41, 5.74) is 2.65. The second-order valence-corrected chi connectivity index (χ2v) is 6.11. The molecule has 1 saturated carbocycles. The van der Waals surface area contributed by atoms with Gasteiger partial charge in [0, 0.05) is 18.7 Å². The van der Waals surface area contributed by atoms with Gasteiger partial charge < -0.3 is 10.3 Å². The van der Waals surface area contributed by atoms with E-state index in [4.69, 9.17) is 5.84 Å². The van der Waals surface area contributed by atoms with Crippen LogP contribution in [0.1, 0.15) is 32.1 Å². The van der Waals surface area contributed by atoms with Gasteiger partial charge >= 0.3 is 0 Å². The number of nitrogens with zero attached hydrogens (tertiary/aromatic N) is 3. The molecule has 0 bridgehead atoms. The third-order valence-corrected chi connectivity index (χ3v) is 4.87. The molecule has 0 radical (unpaired) electrons. The Labute approximate surface area is 118 Å². The van der Waals surface area contributed by atoms with Crippen molar-refractivity contribution in [2.75, 3.05) is 23.1 Å². The molecule has 6 heteroatoms. The zero-order chi connectivity index (χ0) is 13.2. The maximum atomic E-state index is 5.50. The van der Waals surface area contributed by atoms with Gasteiger partial charge in [0.15, 0.2) is 5.16 Å². The fraction of sp³-hybridized carbons (Fsp3) is 0.692. The molecule has 3 rings (SSSR count). The van der Waals surface area contributed by atoms with Crippen molar-refractivity contribution in [3.63, 3.8) is 0 Å². The lowest BCUT2D eigenvalue weighted by Gasteiger charge is -2.32. The highest BCUT2D eigenvalue weighted by Crippen LogP contribution is 2.38. The Morgan fingerprint density at radius 2 is 2.16 bits per heavy atom. The van der Waals surface area contributed by atoms with Crippen LogP contribution in [0.25, 0.3) is 0 Å². The molecule has 0 amide bonds. The van der Waals surface area contributed by atoms with E-state index in [1.807, 2.05) is 12.3 Å². The highest BCUT2D eigenvalue weighted by atomic mass is 32.2. The number of nitrogen functional groups attached to an aromatic ring is 1. The molecule has 2 heterocycles.